The molecule has 0 bridgehead atoms. The van der Waals surface area contributed by atoms with Gasteiger partial charge >= 0.3 is 0 Å². The number of amides is 1. The minimum atomic E-state index is -3.24. The highest BCUT2D eigenvalue weighted by molar-refractivity contribution is 7.89. The van der Waals surface area contributed by atoms with Crippen LogP contribution in [0.5, 0.6) is 0 Å². The molecule has 9 heteroatoms. The van der Waals surface area contributed by atoms with E-state index in [1.165, 1.54) is 4.31 Å². The van der Waals surface area contributed by atoms with Crippen molar-refractivity contribution in [2.45, 2.75) is 33.6 Å². The smallest absolute Gasteiger partial charge is 0.242 e. The molecule has 0 radical (unpaired) electrons. The van der Waals surface area contributed by atoms with E-state index in [0.29, 0.717) is 37.0 Å². The minimum Gasteiger partial charge on any atom is -0.361 e. The third-order valence-electron chi connectivity index (χ3n) is 3.48. The molecule has 22 heavy (non-hydrogen) atoms. The monoisotopic (exact) mass is 350 g/mol. The highest BCUT2D eigenvalue weighted by atomic mass is 32.2. The van der Waals surface area contributed by atoms with Gasteiger partial charge in [0.1, 0.15) is 0 Å². The largest absolute Gasteiger partial charge is 0.361 e. The maximum Gasteiger partial charge on any atom is 0.242 e. The Bertz CT molecular complexity index is 494. The molecule has 0 aromatic rings. The molecule has 1 rings (SSSR count). The van der Waals surface area contributed by atoms with Crippen molar-refractivity contribution in [2.24, 2.45) is 11.8 Å². The van der Waals surface area contributed by atoms with Crippen molar-refractivity contribution in [3.63, 3.8) is 0 Å². The molecule has 0 unspecified atom stereocenters. The van der Waals surface area contributed by atoms with Crippen LogP contribution >= 0.6 is 12.2 Å². The summed E-state index contributed by atoms with van der Waals surface area (Å²) in [5, 5.41) is 3.34. The molecule has 0 spiro atoms. The van der Waals surface area contributed by atoms with Crippen LogP contribution in [0.15, 0.2) is 0 Å². The van der Waals surface area contributed by atoms with E-state index in [9.17, 15) is 13.2 Å². The van der Waals surface area contributed by atoms with E-state index in [-0.39, 0.29) is 24.1 Å². The molecule has 1 aliphatic rings. The second kappa shape index (κ2) is 8.64. The Morgan fingerprint density at radius 2 is 2.05 bits per heavy atom. The molecule has 1 saturated heterocycles. The van der Waals surface area contributed by atoms with Crippen molar-refractivity contribution in [3.8, 4) is 0 Å². The van der Waals surface area contributed by atoms with Gasteiger partial charge in [-0.2, -0.15) is 0 Å². The predicted octanol–water partition coefficient (Wildman–Crippen LogP) is 0.199. The lowest BCUT2D eigenvalue weighted by Crippen LogP contribution is -2.52. The van der Waals surface area contributed by atoms with E-state index in [4.69, 9.17) is 12.2 Å². The number of hydrogen-bond donors (Lipinski definition) is 3. The number of carbonyl (C=O) groups excluding carboxylic acids is 1. The van der Waals surface area contributed by atoms with Crippen LogP contribution in [-0.4, -0.2) is 49.1 Å². The van der Waals surface area contributed by atoms with E-state index in [0.717, 1.165) is 0 Å². The van der Waals surface area contributed by atoms with Crippen molar-refractivity contribution in [2.75, 3.05) is 25.4 Å². The summed E-state index contributed by atoms with van der Waals surface area (Å²) < 4.78 is 25.2. The molecule has 1 amide bonds. The molecule has 1 aliphatic heterocycles. The highest BCUT2D eigenvalue weighted by Crippen LogP contribution is 2.19. The number of hydrogen-bond acceptors (Lipinski definition) is 4. The van der Waals surface area contributed by atoms with E-state index in [2.05, 4.69) is 30.0 Å². The van der Waals surface area contributed by atoms with Crippen LogP contribution in [0.2, 0.25) is 0 Å². The van der Waals surface area contributed by atoms with Gasteiger partial charge in [0.25, 0.3) is 0 Å². The lowest BCUT2D eigenvalue weighted by Gasteiger charge is -2.31. The predicted molar refractivity (Wildman–Crippen MR) is 90.5 cm³/mol. The van der Waals surface area contributed by atoms with Gasteiger partial charge in [-0.05, 0) is 37.9 Å². The topological polar surface area (TPSA) is 90.5 Å². The molecule has 0 aliphatic carbocycles. The number of sulfonamides is 1. The van der Waals surface area contributed by atoms with Crippen LogP contribution < -0.4 is 16.2 Å². The van der Waals surface area contributed by atoms with Crippen LogP contribution in [0.4, 0.5) is 0 Å². The van der Waals surface area contributed by atoms with Crippen molar-refractivity contribution in [1.29, 1.82) is 0 Å². The minimum absolute atomic E-state index is 0.0583. The number of rotatable bonds is 5. The van der Waals surface area contributed by atoms with Crippen molar-refractivity contribution in [3.05, 3.63) is 0 Å². The summed E-state index contributed by atoms with van der Waals surface area (Å²) in [6.45, 7) is 7.16. The number of nitrogens with one attached hydrogen (secondary N) is 3. The highest BCUT2D eigenvalue weighted by Gasteiger charge is 2.31. The molecule has 1 atom stereocenters. The Kier molecular flexibility index (Phi) is 7.51. The summed E-state index contributed by atoms with van der Waals surface area (Å²) in [6.07, 6.45) is 1.36. The van der Waals surface area contributed by atoms with Gasteiger partial charge in [-0.25, -0.2) is 12.7 Å². The van der Waals surface area contributed by atoms with Gasteiger partial charge in [0.2, 0.25) is 15.9 Å². The molecule has 3 N–H and O–H groups in total. The van der Waals surface area contributed by atoms with Crippen LogP contribution in [0.25, 0.3) is 0 Å². The summed E-state index contributed by atoms with van der Waals surface area (Å²) in [5.41, 5.74) is 5.21. The van der Waals surface area contributed by atoms with E-state index < -0.39 is 10.0 Å². The fourth-order valence-corrected chi connectivity index (χ4v) is 3.47. The molecule has 7 nitrogen and oxygen atoms in total. The van der Waals surface area contributed by atoms with Gasteiger partial charge < -0.3 is 5.32 Å². The summed E-state index contributed by atoms with van der Waals surface area (Å²) in [7, 11) is -3.24. The lowest BCUT2D eigenvalue weighted by atomic mass is 9.99. The van der Waals surface area contributed by atoms with Gasteiger partial charge in [0.05, 0.1) is 11.7 Å². The molecule has 128 valence electrons. The normalized spacial score (nSPS) is 19.7. The Morgan fingerprint density at radius 3 is 2.64 bits per heavy atom. The standard InChI is InChI=1S/C13H26N4O3S2/c1-4-22(19,20)17-7-5-6-11(9-17)12(18)15-16-13(21)14-8-10(2)3/h10-11H,4-9H2,1-3H3,(H,15,18)(H2,14,16,21)/t11-/m0/s1. The third-order valence-corrected chi connectivity index (χ3v) is 5.58. The second-order valence-corrected chi connectivity index (χ2v) is 8.48. The van der Waals surface area contributed by atoms with Gasteiger partial charge in [0, 0.05) is 19.6 Å². The lowest BCUT2D eigenvalue weighted by molar-refractivity contribution is -0.126. The molecule has 0 saturated carbocycles. The van der Waals surface area contributed by atoms with Crippen molar-refractivity contribution < 1.29 is 13.2 Å². The summed E-state index contributed by atoms with van der Waals surface area (Å²) in [4.78, 5) is 12.1. The first-order valence-electron chi connectivity index (χ1n) is 7.57. The average molecular weight is 351 g/mol. The average Bonchev–Trinajstić information content (AvgIpc) is 2.50. The zero-order valence-electron chi connectivity index (χ0n) is 13.4. The Labute approximate surface area is 138 Å². The Balaban J connectivity index is 2.44. The van der Waals surface area contributed by atoms with Crippen LogP contribution in [0.3, 0.4) is 0 Å². The molecule has 0 aromatic carbocycles. The molecule has 1 heterocycles. The zero-order valence-corrected chi connectivity index (χ0v) is 15.0. The van der Waals surface area contributed by atoms with E-state index in [1.807, 2.05) is 0 Å². The van der Waals surface area contributed by atoms with Gasteiger partial charge in [-0.1, -0.05) is 13.8 Å². The van der Waals surface area contributed by atoms with Crippen LogP contribution in [0, 0.1) is 11.8 Å². The van der Waals surface area contributed by atoms with Crippen molar-refractivity contribution in [1.82, 2.24) is 20.5 Å². The Morgan fingerprint density at radius 1 is 1.36 bits per heavy atom. The summed E-state index contributed by atoms with van der Waals surface area (Å²) >= 11 is 5.05. The molecular weight excluding hydrogens is 324 g/mol. The first-order valence-corrected chi connectivity index (χ1v) is 9.59. The maximum absolute atomic E-state index is 12.1. The number of hydrazine groups is 1. The number of carbonyl (C=O) groups is 1. The SMILES string of the molecule is CCS(=O)(=O)N1CCC[C@H](C(=O)NNC(=S)NCC(C)C)C1. The molecular formula is C13H26N4O3S2. The van der Waals surface area contributed by atoms with E-state index in [1.54, 1.807) is 6.92 Å². The molecule has 1 fully saturated rings. The molecule has 0 aromatic heterocycles. The first-order chi connectivity index (χ1) is 10.3. The third kappa shape index (κ3) is 6.05. The number of thiocarbonyl (C=S) groups is 1. The van der Waals surface area contributed by atoms with Crippen molar-refractivity contribution >= 4 is 33.3 Å². The van der Waals surface area contributed by atoms with Crippen LogP contribution in [0.1, 0.15) is 33.6 Å². The maximum atomic E-state index is 12.1. The van der Waals surface area contributed by atoms with E-state index >= 15 is 0 Å². The number of piperidine rings is 1. The van der Waals surface area contributed by atoms with Gasteiger partial charge in [0.15, 0.2) is 5.11 Å². The quantitative estimate of drug-likeness (QED) is 0.485. The fourth-order valence-electron chi connectivity index (χ4n) is 2.15. The zero-order chi connectivity index (χ0) is 16.8. The van der Waals surface area contributed by atoms with Gasteiger partial charge in [-0.15, -0.1) is 0 Å². The van der Waals surface area contributed by atoms with Crippen LogP contribution in [-0.2, 0) is 14.8 Å². The number of nitrogens with zero attached hydrogens (tertiary/aromatic N) is 1. The second-order valence-electron chi connectivity index (χ2n) is 5.82. The first kappa shape index (κ1) is 19.1. The van der Waals surface area contributed by atoms with Gasteiger partial charge in [-0.3, -0.25) is 15.6 Å². The summed E-state index contributed by atoms with van der Waals surface area (Å²) in [6, 6.07) is 0. The summed E-state index contributed by atoms with van der Waals surface area (Å²) in [5.74, 6) is -0.0789. The fraction of sp³-hybridized carbons (Fsp3) is 0.846. The Hall–Kier alpha value is -0.930.